The van der Waals surface area contributed by atoms with E-state index in [1.54, 1.807) is 0 Å². The van der Waals surface area contributed by atoms with Crippen molar-refractivity contribution < 1.29 is 0 Å². The number of nitrogens with zero attached hydrogens (tertiary/aromatic N) is 1. The lowest BCUT2D eigenvalue weighted by Crippen LogP contribution is -2.40. The van der Waals surface area contributed by atoms with E-state index < -0.39 is 0 Å². The highest BCUT2D eigenvalue weighted by Crippen LogP contribution is 2.21. The molecule has 0 aromatic heterocycles. The minimum atomic E-state index is 0.347. The highest BCUT2D eigenvalue weighted by molar-refractivity contribution is 6.21. The zero-order chi connectivity index (χ0) is 9.84. The molecule has 2 atom stereocenters. The summed E-state index contributed by atoms with van der Waals surface area (Å²) in [7, 11) is 0. The summed E-state index contributed by atoms with van der Waals surface area (Å²) in [4.78, 5) is 2.44. The molecule has 0 saturated carbocycles. The highest BCUT2D eigenvalue weighted by Gasteiger charge is 2.23. The average Bonchev–Trinajstić information content (AvgIpc) is 2.07. The fraction of sp³-hybridized carbons (Fsp3) is 0.818. The smallest absolute Gasteiger partial charge is 0.0489 e. The monoisotopic (exact) mass is 201 g/mol. The Labute approximate surface area is 86.8 Å². The maximum atomic E-state index is 6.21. The van der Waals surface area contributed by atoms with Gasteiger partial charge < -0.3 is 0 Å². The second-order valence-corrected chi connectivity index (χ2v) is 4.88. The van der Waals surface area contributed by atoms with Crippen molar-refractivity contribution >= 4 is 11.6 Å². The van der Waals surface area contributed by atoms with E-state index in [1.165, 1.54) is 18.5 Å². The third-order valence-electron chi connectivity index (χ3n) is 2.71. The molecule has 1 rings (SSSR count). The molecular formula is C11H20ClN. The molecule has 1 heterocycles. The molecule has 1 aliphatic rings. The number of hydrogen-bond acceptors (Lipinski definition) is 1. The molecule has 13 heavy (non-hydrogen) atoms. The van der Waals surface area contributed by atoms with E-state index in [0.29, 0.717) is 11.3 Å². The molecule has 1 aliphatic heterocycles. The van der Waals surface area contributed by atoms with Gasteiger partial charge in [-0.1, -0.05) is 18.6 Å². The predicted octanol–water partition coefficient (Wildman–Crippen LogP) is 2.90. The quantitative estimate of drug-likeness (QED) is 0.491. The van der Waals surface area contributed by atoms with E-state index >= 15 is 0 Å². The van der Waals surface area contributed by atoms with Crippen LogP contribution in [0.1, 0.15) is 27.2 Å². The first-order valence-corrected chi connectivity index (χ1v) is 5.53. The Morgan fingerprint density at radius 1 is 1.54 bits per heavy atom. The maximum absolute atomic E-state index is 6.21. The van der Waals surface area contributed by atoms with Crippen LogP contribution in [-0.2, 0) is 0 Å². The van der Waals surface area contributed by atoms with Gasteiger partial charge in [-0.05, 0) is 32.7 Å². The van der Waals surface area contributed by atoms with Crippen molar-refractivity contribution in [3.63, 3.8) is 0 Å². The van der Waals surface area contributed by atoms with Crippen molar-refractivity contribution in [1.29, 1.82) is 0 Å². The molecule has 2 unspecified atom stereocenters. The number of piperidine rings is 1. The lowest BCUT2D eigenvalue weighted by molar-refractivity contribution is 0.214. The third-order valence-corrected chi connectivity index (χ3v) is 3.28. The van der Waals surface area contributed by atoms with Gasteiger partial charge in [0, 0.05) is 18.5 Å². The Morgan fingerprint density at radius 3 is 2.77 bits per heavy atom. The van der Waals surface area contributed by atoms with Crippen LogP contribution in [0.4, 0.5) is 0 Å². The van der Waals surface area contributed by atoms with Gasteiger partial charge in [-0.15, -0.1) is 11.6 Å². The van der Waals surface area contributed by atoms with Crippen LogP contribution in [0.3, 0.4) is 0 Å². The number of hydrogen-bond donors (Lipinski definition) is 0. The summed E-state index contributed by atoms with van der Waals surface area (Å²) in [6.45, 7) is 9.85. The summed E-state index contributed by atoms with van der Waals surface area (Å²) in [5.41, 5.74) is 1.39. The molecule has 0 bridgehead atoms. The SMILES string of the molecule is CC(C)=CCN1CCC(C)C(Cl)C1. The van der Waals surface area contributed by atoms with Crippen LogP contribution in [-0.4, -0.2) is 29.9 Å². The van der Waals surface area contributed by atoms with E-state index in [0.717, 1.165) is 13.1 Å². The fourth-order valence-corrected chi connectivity index (χ4v) is 1.88. The molecule has 2 heteroatoms. The topological polar surface area (TPSA) is 3.24 Å². The Kier molecular flexibility index (Phi) is 4.27. The predicted molar refractivity (Wildman–Crippen MR) is 59.3 cm³/mol. The molecule has 0 spiro atoms. The van der Waals surface area contributed by atoms with Crippen LogP contribution >= 0.6 is 11.6 Å². The van der Waals surface area contributed by atoms with Gasteiger partial charge in [-0.25, -0.2) is 0 Å². The lowest BCUT2D eigenvalue weighted by atomic mass is 9.98. The second-order valence-electron chi connectivity index (χ2n) is 4.32. The number of alkyl halides is 1. The van der Waals surface area contributed by atoms with Crippen LogP contribution in [0.5, 0.6) is 0 Å². The first kappa shape index (κ1) is 11.1. The molecule has 0 radical (unpaired) electrons. The van der Waals surface area contributed by atoms with Gasteiger partial charge >= 0.3 is 0 Å². The van der Waals surface area contributed by atoms with Crippen LogP contribution in [0.25, 0.3) is 0 Å². The number of likely N-dealkylation sites (tertiary alicyclic amines) is 1. The molecular weight excluding hydrogens is 182 g/mol. The number of allylic oxidation sites excluding steroid dienone is 1. The maximum Gasteiger partial charge on any atom is 0.0489 e. The van der Waals surface area contributed by atoms with Crippen LogP contribution in [0, 0.1) is 5.92 Å². The van der Waals surface area contributed by atoms with Gasteiger partial charge in [0.2, 0.25) is 0 Å². The molecule has 0 amide bonds. The molecule has 0 aromatic rings. The minimum absolute atomic E-state index is 0.347. The highest BCUT2D eigenvalue weighted by atomic mass is 35.5. The van der Waals surface area contributed by atoms with Gasteiger partial charge in [-0.2, -0.15) is 0 Å². The van der Waals surface area contributed by atoms with E-state index in [-0.39, 0.29) is 0 Å². The van der Waals surface area contributed by atoms with E-state index in [9.17, 15) is 0 Å². The molecule has 76 valence electrons. The first-order chi connectivity index (χ1) is 6.09. The van der Waals surface area contributed by atoms with Crippen LogP contribution < -0.4 is 0 Å². The van der Waals surface area contributed by atoms with Gasteiger partial charge in [0.05, 0.1) is 0 Å². The molecule has 1 fully saturated rings. The largest absolute Gasteiger partial charge is 0.298 e. The molecule has 0 N–H and O–H groups in total. The summed E-state index contributed by atoms with van der Waals surface area (Å²) in [6.07, 6.45) is 3.52. The summed E-state index contributed by atoms with van der Waals surface area (Å²) >= 11 is 6.21. The van der Waals surface area contributed by atoms with Crippen molar-refractivity contribution in [3.8, 4) is 0 Å². The Bertz CT molecular complexity index is 185. The van der Waals surface area contributed by atoms with Gasteiger partial charge in [0.25, 0.3) is 0 Å². The summed E-state index contributed by atoms with van der Waals surface area (Å²) < 4.78 is 0. The van der Waals surface area contributed by atoms with Crippen molar-refractivity contribution in [1.82, 2.24) is 4.90 Å². The number of rotatable bonds is 2. The molecule has 0 aliphatic carbocycles. The second kappa shape index (κ2) is 5.02. The summed E-state index contributed by atoms with van der Waals surface area (Å²) in [5.74, 6) is 0.685. The zero-order valence-electron chi connectivity index (χ0n) is 8.89. The van der Waals surface area contributed by atoms with Gasteiger partial charge in [-0.3, -0.25) is 4.90 Å². The summed E-state index contributed by atoms with van der Waals surface area (Å²) in [6, 6.07) is 0. The molecule has 1 nitrogen and oxygen atoms in total. The Morgan fingerprint density at radius 2 is 2.23 bits per heavy atom. The molecule has 1 saturated heterocycles. The van der Waals surface area contributed by atoms with Crippen molar-refractivity contribution in [2.75, 3.05) is 19.6 Å². The fourth-order valence-electron chi connectivity index (χ4n) is 1.56. The van der Waals surface area contributed by atoms with Gasteiger partial charge in [0.15, 0.2) is 0 Å². The Hall–Kier alpha value is -0.0100. The average molecular weight is 202 g/mol. The minimum Gasteiger partial charge on any atom is -0.298 e. The Balaban J connectivity index is 2.33. The van der Waals surface area contributed by atoms with Crippen molar-refractivity contribution in [2.45, 2.75) is 32.6 Å². The standard InChI is InChI=1S/C11H20ClN/c1-9(2)4-6-13-7-5-10(3)11(12)8-13/h4,10-11H,5-8H2,1-3H3. The zero-order valence-corrected chi connectivity index (χ0v) is 9.64. The van der Waals surface area contributed by atoms with Crippen LogP contribution in [0.2, 0.25) is 0 Å². The summed E-state index contributed by atoms with van der Waals surface area (Å²) in [5, 5.41) is 0.347. The normalized spacial score (nSPS) is 30.2. The van der Waals surface area contributed by atoms with E-state index in [1.807, 2.05) is 0 Å². The van der Waals surface area contributed by atoms with Crippen LogP contribution in [0.15, 0.2) is 11.6 Å². The lowest BCUT2D eigenvalue weighted by Gasteiger charge is -2.33. The number of halogens is 1. The third kappa shape index (κ3) is 3.70. The van der Waals surface area contributed by atoms with Crippen molar-refractivity contribution in [3.05, 3.63) is 11.6 Å². The first-order valence-electron chi connectivity index (χ1n) is 5.09. The van der Waals surface area contributed by atoms with Crippen molar-refractivity contribution in [2.24, 2.45) is 5.92 Å². The van der Waals surface area contributed by atoms with E-state index in [4.69, 9.17) is 11.6 Å². The van der Waals surface area contributed by atoms with Gasteiger partial charge in [0.1, 0.15) is 0 Å². The van der Waals surface area contributed by atoms with E-state index in [2.05, 4.69) is 31.7 Å². The molecule has 0 aromatic carbocycles.